The second-order valence-corrected chi connectivity index (χ2v) is 11.8. The molecule has 2 unspecified atom stereocenters. The number of carbonyl (C=O) groups is 4. The van der Waals surface area contributed by atoms with Gasteiger partial charge in [0.05, 0.1) is 12.1 Å². The van der Waals surface area contributed by atoms with Crippen molar-refractivity contribution in [3.05, 3.63) is 67.3 Å². The Hall–Kier alpha value is -4.08. The van der Waals surface area contributed by atoms with Crippen LogP contribution in [0.4, 0.5) is 0 Å². The van der Waals surface area contributed by atoms with E-state index in [1.807, 2.05) is 41.5 Å². The van der Waals surface area contributed by atoms with Gasteiger partial charge in [-0.2, -0.15) is 0 Å². The molecule has 43 heavy (non-hydrogen) atoms. The van der Waals surface area contributed by atoms with Crippen molar-refractivity contribution in [1.29, 1.82) is 0 Å². The molecule has 0 saturated carbocycles. The summed E-state index contributed by atoms with van der Waals surface area (Å²) in [4.78, 5) is 54.7. The predicted octanol–water partition coefficient (Wildman–Crippen LogP) is 1.45. The Balaban J connectivity index is 1.70. The van der Waals surface area contributed by atoms with Crippen LogP contribution in [0.15, 0.2) is 22.3 Å². The van der Waals surface area contributed by atoms with Crippen LogP contribution < -0.4 is 20.8 Å². The fourth-order valence-corrected chi connectivity index (χ4v) is 6.78. The number of H-pyrrole nitrogens is 2. The number of carboxylic acid groups (broad SMARTS) is 2. The first-order valence-corrected chi connectivity index (χ1v) is 15.1. The van der Waals surface area contributed by atoms with Crippen molar-refractivity contribution in [2.75, 3.05) is 0 Å². The molecule has 2 aliphatic rings. The maximum Gasteiger partial charge on any atom is 0.247 e. The number of aliphatic carboxylic acids is 2. The lowest BCUT2D eigenvalue weighted by atomic mass is 9.95. The number of hydrogen-bond acceptors (Lipinski definition) is 6. The third kappa shape index (κ3) is 6.63. The van der Waals surface area contributed by atoms with E-state index in [9.17, 15) is 29.4 Å². The zero-order valence-corrected chi connectivity index (χ0v) is 26.0. The van der Waals surface area contributed by atoms with Gasteiger partial charge < -0.3 is 40.4 Å². The number of hydrogen-bond donors (Lipinski definition) is 4. The molecule has 0 spiro atoms. The van der Waals surface area contributed by atoms with Crippen molar-refractivity contribution in [3.8, 4) is 0 Å². The number of rotatable bonds is 14. The van der Waals surface area contributed by atoms with Crippen molar-refractivity contribution in [2.45, 2.75) is 111 Å². The largest absolute Gasteiger partial charge is 0.550 e. The van der Waals surface area contributed by atoms with Gasteiger partial charge in [0.1, 0.15) is 0 Å². The molecule has 2 amide bonds. The fraction of sp³-hybridized carbons (Fsp3) is 0.515. The molecule has 4 heterocycles. The highest BCUT2D eigenvalue weighted by atomic mass is 16.4. The van der Waals surface area contributed by atoms with E-state index in [2.05, 4.69) is 20.6 Å². The Morgan fingerprint density at radius 1 is 0.698 bits per heavy atom. The van der Waals surface area contributed by atoms with Crippen LogP contribution in [0.1, 0.15) is 98.4 Å². The summed E-state index contributed by atoms with van der Waals surface area (Å²) in [6, 6.07) is -0.286. The van der Waals surface area contributed by atoms with E-state index in [1.54, 1.807) is 0 Å². The number of amides is 2. The van der Waals surface area contributed by atoms with E-state index in [0.717, 1.165) is 73.7 Å². The van der Waals surface area contributed by atoms with Crippen molar-refractivity contribution in [2.24, 2.45) is 0 Å². The zero-order valence-electron chi connectivity index (χ0n) is 26.0. The summed E-state index contributed by atoms with van der Waals surface area (Å²) in [7, 11) is 0. The molecule has 4 N–H and O–H groups in total. The van der Waals surface area contributed by atoms with Crippen LogP contribution in [-0.2, 0) is 51.3 Å². The van der Waals surface area contributed by atoms with Gasteiger partial charge in [0.2, 0.25) is 11.8 Å². The van der Waals surface area contributed by atoms with Crippen LogP contribution in [-0.4, -0.2) is 45.8 Å². The molecule has 2 aliphatic heterocycles. The average Bonchev–Trinajstić information content (AvgIpc) is 3.59. The minimum absolute atomic E-state index is 0.0479. The van der Waals surface area contributed by atoms with E-state index in [0.29, 0.717) is 25.7 Å². The first-order valence-electron chi connectivity index (χ1n) is 15.1. The predicted molar refractivity (Wildman–Crippen MR) is 158 cm³/mol. The number of aromatic amines is 2. The zero-order chi connectivity index (χ0) is 31.6. The Kier molecular flexibility index (Phi) is 9.67. The monoisotopic (exact) mass is 590 g/mol. The van der Waals surface area contributed by atoms with Crippen LogP contribution >= 0.6 is 0 Å². The van der Waals surface area contributed by atoms with Gasteiger partial charge in [-0.15, -0.1) is 0 Å². The van der Waals surface area contributed by atoms with Gasteiger partial charge in [-0.1, -0.05) is 13.8 Å². The lowest BCUT2D eigenvalue weighted by molar-refractivity contribution is -0.307. The van der Waals surface area contributed by atoms with Gasteiger partial charge in [-0.3, -0.25) is 9.59 Å². The Morgan fingerprint density at radius 2 is 1.19 bits per heavy atom. The molecule has 4 rings (SSSR count). The maximum absolute atomic E-state index is 12.4. The molecule has 0 aromatic carbocycles. The van der Waals surface area contributed by atoms with Crippen LogP contribution in [0.5, 0.6) is 0 Å². The van der Waals surface area contributed by atoms with Gasteiger partial charge in [0.15, 0.2) is 0 Å². The normalized spacial score (nSPS) is 18.6. The molecule has 232 valence electrons. The van der Waals surface area contributed by atoms with Crippen molar-refractivity contribution in [1.82, 2.24) is 20.6 Å². The molecular formula is C33H42N4O6-2. The van der Waals surface area contributed by atoms with Crippen LogP contribution in [0.25, 0.3) is 0 Å². The topological polar surface area (TPSA) is 170 Å². The van der Waals surface area contributed by atoms with E-state index >= 15 is 0 Å². The first kappa shape index (κ1) is 31.8. The number of carbonyl (C=O) groups excluding carboxylic acids is 4. The minimum atomic E-state index is -1.14. The first-order chi connectivity index (χ1) is 20.4. The lowest BCUT2D eigenvalue weighted by Crippen LogP contribution is -2.31. The molecular weight excluding hydrogens is 548 g/mol. The molecule has 0 bridgehead atoms. The summed E-state index contributed by atoms with van der Waals surface area (Å²) in [5.74, 6) is -2.38. The summed E-state index contributed by atoms with van der Waals surface area (Å²) < 4.78 is 0. The molecule has 0 saturated heterocycles. The van der Waals surface area contributed by atoms with Gasteiger partial charge in [-0.05, 0) is 99.6 Å². The maximum atomic E-state index is 12.4. The fourth-order valence-electron chi connectivity index (χ4n) is 6.78. The SMILES string of the molecule is CCC1=C(C)C(Cc2[nH]c(Cc3[nH]c(CC4NC(=O)C(C)=C4CC)c(C)c3CCC(=O)[O-])c(CCC(=O)[O-])c2C)NC1=O. The second-order valence-electron chi connectivity index (χ2n) is 11.8. The summed E-state index contributed by atoms with van der Waals surface area (Å²) in [5.41, 5.74) is 10.8. The third-order valence-electron chi connectivity index (χ3n) is 9.33. The highest BCUT2D eigenvalue weighted by Crippen LogP contribution is 2.31. The molecule has 0 aliphatic carbocycles. The highest BCUT2D eigenvalue weighted by molar-refractivity contribution is 5.97. The number of aromatic nitrogens is 2. The number of carboxylic acids is 2. The van der Waals surface area contributed by atoms with Crippen LogP contribution in [0.2, 0.25) is 0 Å². The van der Waals surface area contributed by atoms with Crippen molar-refractivity contribution in [3.63, 3.8) is 0 Å². The van der Waals surface area contributed by atoms with Crippen molar-refractivity contribution < 1.29 is 29.4 Å². The quantitative estimate of drug-likeness (QED) is 0.260. The van der Waals surface area contributed by atoms with Gasteiger partial charge in [0.25, 0.3) is 0 Å². The summed E-state index contributed by atoms with van der Waals surface area (Å²) >= 11 is 0. The molecule has 0 fully saturated rings. The van der Waals surface area contributed by atoms with Gasteiger partial charge >= 0.3 is 0 Å². The average molecular weight is 591 g/mol. The summed E-state index contributed by atoms with van der Waals surface area (Å²) in [6.07, 6.45) is 3.21. The summed E-state index contributed by atoms with van der Waals surface area (Å²) in [6.45, 7) is 11.7. The van der Waals surface area contributed by atoms with E-state index in [4.69, 9.17) is 0 Å². The molecule has 2 atom stereocenters. The third-order valence-corrected chi connectivity index (χ3v) is 9.33. The standard InChI is InChI=1S/C33H44N4O6/c1-7-20-19(6)32(42)37-27(20)14-25-18(5)23(10-12-31(40)41)29(35-25)15-28-22(9-11-30(38)39)17(4)24(34-28)13-26-16(3)21(8-2)33(43)36-26/h26-27,34-35H,7-15H2,1-6H3,(H,36,43)(H,37,42)(H,38,39)(H,40,41)/p-2. The smallest absolute Gasteiger partial charge is 0.247 e. The Bertz CT molecular complexity index is 1520. The molecule has 0 radical (unpaired) electrons. The van der Waals surface area contributed by atoms with Crippen LogP contribution in [0, 0.1) is 13.8 Å². The highest BCUT2D eigenvalue weighted by Gasteiger charge is 2.31. The van der Waals surface area contributed by atoms with Gasteiger partial charge in [0, 0.05) is 65.1 Å². The Labute approximate surface area is 252 Å². The molecule has 10 heteroatoms. The Morgan fingerprint density at radius 3 is 1.63 bits per heavy atom. The summed E-state index contributed by atoms with van der Waals surface area (Å²) in [5, 5.41) is 29.0. The number of nitrogens with one attached hydrogen (secondary N) is 4. The molecule has 2 aromatic heterocycles. The van der Waals surface area contributed by atoms with E-state index < -0.39 is 11.9 Å². The van der Waals surface area contributed by atoms with E-state index in [1.165, 1.54) is 0 Å². The second kappa shape index (κ2) is 13.1. The van der Waals surface area contributed by atoms with Crippen LogP contribution in [0.3, 0.4) is 0 Å². The minimum Gasteiger partial charge on any atom is -0.550 e. The molecule has 2 aromatic rings. The molecule has 10 nitrogen and oxygen atoms in total. The van der Waals surface area contributed by atoms with Gasteiger partial charge in [-0.25, -0.2) is 0 Å². The van der Waals surface area contributed by atoms with Crippen molar-refractivity contribution >= 4 is 23.8 Å². The van der Waals surface area contributed by atoms with E-state index in [-0.39, 0.29) is 49.6 Å². The lowest BCUT2D eigenvalue weighted by Gasteiger charge is -2.14.